The molecule has 0 aromatic carbocycles. The second-order valence-electron chi connectivity index (χ2n) is 6.60. The zero-order valence-corrected chi connectivity index (χ0v) is 14.7. The number of aromatic nitrogens is 1. The molecule has 1 atom stereocenters. The summed E-state index contributed by atoms with van der Waals surface area (Å²) in [6, 6.07) is 6.49. The molecule has 1 aromatic rings. The summed E-state index contributed by atoms with van der Waals surface area (Å²) < 4.78 is 0. The molecule has 128 valence electrons. The lowest BCUT2D eigenvalue weighted by molar-refractivity contribution is -0.121. The van der Waals surface area contributed by atoms with Crippen molar-refractivity contribution in [2.45, 2.75) is 39.2 Å². The van der Waals surface area contributed by atoms with Gasteiger partial charge in [-0.25, -0.2) is 0 Å². The fraction of sp³-hybridized carbons (Fsp3) is 0.667. The molecule has 1 N–H and O–H groups in total. The topological polar surface area (TPSA) is 48.5 Å². The van der Waals surface area contributed by atoms with E-state index in [1.54, 1.807) is 0 Å². The van der Waals surface area contributed by atoms with Crippen LogP contribution >= 0.6 is 0 Å². The van der Waals surface area contributed by atoms with Crippen molar-refractivity contribution in [1.29, 1.82) is 0 Å². The Labute approximate surface area is 140 Å². The number of carbonyl (C=O) groups excluding carboxylic acids is 1. The van der Waals surface area contributed by atoms with Crippen LogP contribution in [0.25, 0.3) is 0 Å². The van der Waals surface area contributed by atoms with E-state index < -0.39 is 0 Å². The normalized spacial score (nSPS) is 17.9. The van der Waals surface area contributed by atoms with Crippen molar-refractivity contribution in [3.8, 4) is 0 Å². The molecule has 5 heteroatoms. The highest BCUT2D eigenvalue weighted by atomic mass is 16.1. The lowest BCUT2D eigenvalue weighted by atomic mass is 10.1. The maximum Gasteiger partial charge on any atom is 0.220 e. The van der Waals surface area contributed by atoms with E-state index in [0.717, 1.165) is 50.4 Å². The minimum absolute atomic E-state index is 0.152. The van der Waals surface area contributed by atoms with Crippen LogP contribution in [-0.2, 0) is 11.2 Å². The maximum absolute atomic E-state index is 12.0. The van der Waals surface area contributed by atoms with E-state index in [4.69, 9.17) is 0 Å². The molecular weight excluding hydrogens is 288 g/mol. The quantitative estimate of drug-likeness (QED) is 0.827. The first-order valence-corrected chi connectivity index (χ1v) is 8.66. The van der Waals surface area contributed by atoms with Gasteiger partial charge in [-0.15, -0.1) is 0 Å². The summed E-state index contributed by atoms with van der Waals surface area (Å²) in [7, 11) is 2.17. The van der Waals surface area contributed by atoms with Crippen LogP contribution in [0.2, 0.25) is 0 Å². The van der Waals surface area contributed by atoms with Gasteiger partial charge < -0.3 is 10.2 Å². The van der Waals surface area contributed by atoms with Crippen molar-refractivity contribution in [2.75, 3.05) is 39.8 Å². The van der Waals surface area contributed by atoms with Crippen LogP contribution in [0.5, 0.6) is 0 Å². The number of pyridine rings is 1. The van der Waals surface area contributed by atoms with Gasteiger partial charge in [0, 0.05) is 63.0 Å². The molecule has 2 rings (SSSR count). The van der Waals surface area contributed by atoms with E-state index in [-0.39, 0.29) is 5.91 Å². The number of nitrogens with one attached hydrogen (secondary N) is 1. The molecule has 23 heavy (non-hydrogen) atoms. The molecular formula is C18H30N4O. The van der Waals surface area contributed by atoms with Crippen LogP contribution in [0.3, 0.4) is 0 Å². The molecule has 1 fully saturated rings. The van der Waals surface area contributed by atoms with Crippen molar-refractivity contribution in [3.05, 3.63) is 29.6 Å². The van der Waals surface area contributed by atoms with Gasteiger partial charge in [-0.05, 0) is 39.4 Å². The van der Waals surface area contributed by atoms with Crippen LogP contribution in [0.1, 0.15) is 31.2 Å². The summed E-state index contributed by atoms with van der Waals surface area (Å²) in [4.78, 5) is 21.3. The van der Waals surface area contributed by atoms with Gasteiger partial charge in [0.25, 0.3) is 0 Å². The smallest absolute Gasteiger partial charge is 0.220 e. The minimum Gasteiger partial charge on any atom is -0.356 e. The van der Waals surface area contributed by atoms with Gasteiger partial charge in [0.1, 0.15) is 0 Å². The second kappa shape index (κ2) is 8.99. The van der Waals surface area contributed by atoms with E-state index in [1.165, 1.54) is 0 Å². The third-order valence-corrected chi connectivity index (χ3v) is 4.60. The van der Waals surface area contributed by atoms with Gasteiger partial charge in [-0.3, -0.25) is 14.7 Å². The largest absolute Gasteiger partial charge is 0.356 e. The van der Waals surface area contributed by atoms with E-state index in [2.05, 4.69) is 34.1 Å². The lowest BCUT2D eigenvalue weighted by Gasteiger charge is -2.36. The predicted octanol–water partition coefficient (Wildman–Crippen LogP) is 1.46. The Morgan fingerprint density at radius 3 is 2.74 bits per heavy atom. The SMILES string of the molecule is Cc1cccc(CCNC(=O)CC[C@H](C)N2CCN(C)CC2)n1. The number of aryl methyl sites for hydroxylation is 1. The Morgan fingerprint density at radius 2 is 2.04 bits per heavy atom. The van der Waals surface area contributed by atoms with Gasteiger partial charge in [0.2, 0.25) is 5.91 Å². The highest BCUT2D eigenvalue weighted by molar-refractivity contribution is 5.75. The standard InChI is InChI=1S/C18H30N4O/c1-15-5-4-6-17(20-15)9-10-19-18(23)8-7-16(2)22-13-11-21(3)12-14-22/h4-6,16H,7-14H2,1-3H3,(H,19,23)/t16-/m0/s1. The molecule has 1 aliphatic rings. The highest BCUT2D eigenvalue weighted by Gasteiger charge is 2.19. The van der Waals surface area contributed by atoms with Crippen LogP contribution < -0.4 is 5.32 Å². The third kappa shape index (κ3) is 6.28. The maximum atomic E-state index is 12.0. The number of piperazine rings is 1. The molecule has 0 spiro atoms. The number of carbonyl (C=O) groups is 1. The van der Waals surface area contributed by atoms with Gasteiger partial charge >= 0.3 is 0 Å². The summed E-state index contributed by atoms with van der Waals surface area (Å²) >= 11 is 0. The number of rotatable bonds is 7. The van der Waals surface area contributed by atoms with Crippen molar-refractivity contribution in [3.63, 3.8) is 0 Å². The fourth-order valence-electron chi connectivity index (χ4n) is 2.94. The summed E-state index contributed by atoms with van der Waals surface area (Å²) in [5.74, 6) is 0.152. The molecule has 2 heterocycles. The average Bonchev–Trinajstić information content (AvgIpc) is 2.53. The van der Waals surface area contributed by atoms with E-state index in [1.807, 2.05) is 25.1 Å². The first-order chi connectivity index (χ1) is 11.0. The summed E-state index contributed by atoms with van der Waals surface area (Å²) in [5.41, 5.74) is 2.06. The Balaban J connectivity index is 1.61. The van der Waals surface area contributed by atoms with Crippen molar-refractivity contribution >= 4 is 5.91 Å². The molecule has 0 saturated carbocycles. The number of hydrogen-bond donors (Lipinski definition) is 1. The van der Waals surface area contributed by atoms with Gasteiger partial charge in [-0.2, -0.15) is 0 Å². The van der Waals surface area contributed by atoms with Gasteiger partial charge in [-0.1, -0.05) is 6.07 Å². The Morgan fingerprint density at radius 1 is 1.30 bits per heavy atom. The van der Waals surface area contributed by atoms with Crippen LogP contribution in [-0.4, -0.2) is 66.5 Å². The minimum atomic E-state index is 0.152. The first kappa shape index (κ1) is 17.9. The van der Waals surface area contributed by atoms with E-state index in [9.17, 15) is 4.79 Å². The highest BCUT2D eigenvalue weighted by Crippen LogP contribution is 2.09. The molecule has 0 unspecified atom stereocenters. The molecule has 0 bridgehead atoms. The molecule has 1 saturated heterocycles. The Bertz CT molecular complexity index is 498. The zero-order valence-electron chi connectivity index (χ0n) is 14.7. The molecule has 1 aromatic heterocycles. The number of likely N-dealkylation sites (N-methyl/N-ethyl adjacent to an activating group) is 1. The van der Waals surface area contributed by atoms with E-state index in [0.29, 0.717) is 19.0 Å². The van der Waals surface area contributed by atoms with Crippen molar-refractivity contribution in [2.24, 2.45) is 0 Å². The molecule has 5 nitrogen and oxygen atoms in total. The number of hydrogen-bond acceptors (Lipinski definition) is 4. The number of nitrogens with zero attached hydrogens (tertiary/aromatic N) is 3. The monoisotopic (exact) mass is 318 g/mol. The van der Waals surface area contributed by atoms with Crippen molar-refractivity contribution < 1.29 is 4.79 Å². The summed E-state index contributed by atoms with van der Waals surface area (Å²) in [6.07, 6.45) is 2.33. The zero-order chi connectivity index (χ0) is 16.7. The third-order valence-electron chi connectivity index (χ3n) is 4.60. The molecule has 0 radical (unpaired) electrons. The van der Waals surface area contributed by atoms with Gasteiger partial charge in [0.05, 0.1) is 0 Å². The van der Waals surface area contributed by atoms with E-state index >= 15 is 0 Å². The fourth-order valence-corrected chi connectivity index (χ4v) is 2.94. The Hall–Kier alpha value is -1.46. The van der Waals surface area contributed by atoms with Gasteiger partial charge in [0.15, 0.2) is 0 Å². The lowest BCUT2D eigenvalue weighted by Crippen LogP contribution is -2.48. The molecule has 1 amide bonds. The summed E-state index contributed by atoms with van der Waals surface area (Å²) in [6.45, 7) is 9.35. The van der Waals surface area contributed by atoms with Crippen LogP contribution in [0.4, 0.5) is 0 Å². The summed E-state index contributed by atoms with van der Waals surface area (Å²) in [5, 5.41) is 3.01. The predicted molar refractivity (Wildman–Crippen MR) is 93.5 cm³/mol. The van der Waals surface area contributed by atoms with Crippen LogP contribution in [0, 0.1) is 6.92 Å². The average molecular weight is 318 g/mol. The Kier molecular flexibility index (Phi) is 6.99. The molecule has 0 aliphatic carbocycles. The second-order valence-corrected chi connectivity index (χ2v) is 6.60. The number of amides is 1. The van der Waals surface area contributed by atoms with Crippen molar-refractivity contribution in [1.82, 2.24) is 20.1 Å². The van der Waals surface area contributed by atoms with Crippen LogP contribution in [0.15, 0.2) is 18.2 Å². The molecule has 1 aliphatic heterocycles. The first-order valence-electron chi connectivity index (χ1n) is 8.66.